The van der Waals surface area contributed by atoms with Crippen molar-refractivity contribution in [2.75, 3.05) is 22.1 Å². The minimum Gasteiger partial charge on any atom is -0.385 e. The Labute approximate surface area is 208 Å². The van der Waals surface area contributed by atoms with Gasteiger partial charge in [0.2, 0.25) is 5.91 Å². The molecule has 9 nitrogen and oxygen atoms in total. The van der Waals surface area contributed by atoms with E-state index >= 15 is 0 Å². The molecular formula is C22H18ClFN4O5S2. The van der Waals surface area contributed by atoms with Gasteiger partial charge in [-0.15, -0.1) is 11.3 Å². The number of rotatable bonds is 6. The molecule has 1 aliphatic rings. The number of carbonyl (C=O) groups is 3. The highest BCUT2D eigenvalue weighted by Gasteiger charge is 2.34. The fourth-order valence-electron chi connectivity index (χ4n) is 3.52. The number of anilines is 3. The number of amides is 4. The van der Waals surface area contributed by atoms with Gasteiger partial charge in [-0.2, -0.15) is 0 Å². The van der Waals surface area contributed by atoms with Crippen molar-refractivity contribution in [1.29, 1.82) is 0 Å². The van der Waals surface area contributed by atoms with Gasteiger partial charge >= 0.3 is 6.03 Å². The molecule has 0 saturated heterocycles. The Bertz CT molecular complexity index is 1460. The molecule has 0 unspecified atom stereocenters. The first-order valence-electron chi connectivity index (χ1n) is 10.2. The zero-order chi connectivity index (χ0) is 25.3. The number of nitrogens with zero attached hydrogens (tertiary/aromatic N) is 1. The molecule has 2 heterocycles. The normalized spacial score (nSPS) is 13.4. The van der Waals surface area contributed by atoms with Gasteiger partial charge in [-0.05, 0) is 61.0 Å². The van der Waals surface area contributed by atoms with Gasteiger partial charge in [-0.3, -0.25) is 9.59 Å². The average molecular weight is 537 g/mol. The molecule has 0 radical (unpaired) electrons. The lowest BCUT2D eigenvalue weighted by Gasteiger charge is -2.27. The Morgan fingerprint density at radius 1 is 1.11 bits per heavy atom. The molecule has 0 bridgehead atoms. The summed E-state index contributed by atoms with van der Waals surface area (Å²) in [7, 11) is -4.17. The van der Waals surface area contributed by atoms with Gasteiger partial charge in [-0.1, -0.05) is 11.6 Å². The molecule has 0 saturated carbocycles. The zero-order valence-corrected chi connectivity index (χ0v) is 20.5. The van der Waals surface area contributed by atoms with Crippen LogP contribution in [0.1, 0.15) is 22.8 Å². The number of thiophene rings is 1. The molecule has 0 spiro atoms. The SMILES string of the molecule is CCNc1ccc2c(c1)CC(=O)N(c1ccc(NC(=O)NS(=O)(=O)c3ccc(Cl)s3)cc1F)C2=O. The van der Waals surface area contributed by atoms with Crippen molar-refractivity contribution in [3.63, 3.8) is 0 Å². The number of fused-ring (bicyclic) bond motifs is 1. The summed E-state index contributed by atoms with van der Waals surface area (Å²) >= 11 is 6.49. The van der Waals surface area contributed by atoms with Gasteiger partial charge < -0.3 is 10.6 Å². The van der Waals surface area contributed by atoms with E-state index in [1.54, 1.807) is 22.9 Å². The summed E-state index contributed by atoms with van der Waals surface area (Å²) in [5, 5.41) is 5.32. The molecule has 3 N–H and O–H groups in total. The second kappa shape index (κ2) is 9.64. The van der Waals surface area contributed by atoms with Crippen LogP contribution in [0.15, 0.2) is 52.7 Å². The first-order valence-corrected chi connectivity index (χ1v) is 12.9. The van der Waals surface area contributed by atoms with E-state index in [1.807, 2.05) is 6.92 Å². The van der Waals surface area contributed by atoms with Crippen LogP contribution in [0.25, 0.3) is 0 Å². The monoisotopic (exact) mass is 536 g/mol. The Kier molecular flexibility index (Phi) is 6.79. The van der Waals surface area contributed by atoms with Gasteiger partial charge in [0.05, 0.1) is 16.4 Å². The van der Waals surface area contributed by atoms with Gasteiger partial charge in [-0.25, -0.2) is 27.2 Å². The summed E-state index contributed by atoms with van der Waals surface area (Å²) in [5.41, 5.74) is 1.22. The van der Waals surface area contributed by atoms with Crippen molar-refractivity contribution in [1.82, 2.24) is 4.72 Å². The van der Waals surface area contributed by atoms with Crippen molar-refractivity contribution >= 4 is 67.9 Å². The van der Waals surface area contributed by atoms with E-state index in [9.17, 15) is 27.2 Å². The van der Waals surface area contributed by atoms with Crippen LogP contribution in [0.2, 0.25) is 4.34 Å². The number of benzene rings is 2. The largest absolute Gasteiger partial charge is 0.385 e. The van der Waals surface area contributed by atoms with Crippen molar-refractivity contribution in [2.24, 2.45) is 0 Å². The van der Waals surface area contributed by atoms with Crippen LogP contribution in [0.5, 0.6) is 0 Å². The number of halogens is 2. The summed E-state index contributed by atoms with van der Waals surface area (Å²) in [4.78, 5) is 38.6. The van der Waals surface area contributed by atoms with E-state index in [-0.39, 0.29) is 31.9 Å². The predicted octanol–water partition coefficient (Wildman–Crippen LogP) is 4.21. The quantitative estimate of drug-likeness (QED) is 0.405. The van der Waals surface area contributed by atoms with Crippen LogP contribution in [-0.2, 0) is 21.2 Å². The van der Waals surface area contributed by atoms with Gasteiger partial charge in [0.1, 0.15) is 10.0 Å². The fourth-order valence-corrected chi connectivity index (χ4v) is 5.91. The number of carbonyl (C=O) groups excluding carboxylic acids is 3. The molecule has 0 fully saturated rings. The number of nitrogens with one attached hydrogen (secondary N) is 3. The smallest absolute Gasteiger partial charge is 0.333 e. The lowest BCUT2D eigenvalue weighted by Crippen LogP contribution is -2.43. The summed E-state index contributed by atoms with van der Waals surface area (Å²) in [6, 6.07) is 9.77. The maximum absolute atomic E-state index is 14.9. The van der Waals surface area contributed by atoms with Crippen LogP contribution in [0, 0.1) is 5.82 Å². The highest BCUT2D eigenvalue weighted by atomic mass is 35.5. The minimum absolute atomic E-state index is 0.0873. The Morgan fingerprint density at radius 2 is 1.86 bits per heavy atom. The van der Waals surface area contributed by atoms with E-state index in [0.717, 1.165) is 34.1 Å². The molecule has 35 heavy (non-hydrogen) atoms. The fraction of sp³-hybridized carbons (Fsp3) is 0.136. The van der Waals surface area contributed by atoms with Crippen LogP contribution in [0.4, 0.5) is 26.2 Å². The maximum Gasteiger partial charge on any atom is 0.333 e. The standard InChI is InChI=1S/C22H18ClFN4O5S2/c1-2-25-13-3-5-15-12(9-13)10-19(29)28(21(15)30)17-6-4-14(11-16(17)24)26-22(31)27-35(32,33)20-8-7-18(23)34-20/h3-9,11,25H,2,10H2,1H3,(H2,26,27,31). The molecule has 13 heteroatoms. The molecule has 3 aromatic rings. The second-order valence-corrected chi connectivity index (χ2v) is 11.0. The van der Waals surface area contributed by atoms with Crippen molar-refractivity contribution in [2.45, 2.75) is 17.6 Å². The van der Waals surface area contributed by atoms with Crippen LogP contribution < -0.4 is 20.3 Å². The van der Waals surface area contributed by atoms with Crippen molar-refractivity contribution < 1.29 is 27.2 Å². The third-order valence-electron chi connectivity index (χ3n) is 5.00. The number of urea groups is 1. The van der Waals surface area contributed by atoms with Crippen molar-refractivity contribution in [3.05, 3.63) is 69.8 Å². The molecule has 4 amide bonds. The molecule has 2 aromatic carbocycles. The molecular weight excluding hydrogens is 519 g/mol. The summed E-state index contributed by atoms with van der Waals surface area (Å²) in [6.07, 6.45) is -0.0905. The Balaban J connectivity index is 1.51. The zero-order valence-electron chi connectivity index (χ0n) is 18.1. The third-order valence-corrected chi connectivity index (χ3v) is 8.05. The second-order valence-electron chi connectivity index (χ2n) is 7.40. The van der Waals surface area contributed by atoms with E-state index in [2.05, 4.69) is 10.6 Å². The molecule has 182 valence electrons. The predicted molar refractivity (Wildman–Crippen MR) is 131 cm³/mol. The van der Waals surface area contributed by atoms with E-state index in [0.29, 0.717) is 12.1 Å². The first-order chi connectivity index (χ1) is 16.6. The van der Waals surface area contributed by atoms with E-state index in [4.69, 9.17) is 11.6 Å². The molecule has 0 aliphatic carbocycles. The topological polar surface area (TPSA) is 125 Å². The summed E-state index contributed by atoms with van der Waals surface area (Å²) < 4.78 is 41.2. The van der Waals surface area contributed by atoms with Gasteiger partial charge in [0, 0.05) is 23.5 Å². The Morgan fingerprint density at radius 3 is 2.51 bits per heavy atom. The Hall–Kier alpha value is -3.48. The lowest BCUT2D eigenvalue weighted by molar-refractivity contribution is -0.117. The first kappa shape index (κ1) is 24.6. The highest BCUT2D eigenvalue weighted by molar-refractivity contribution is 7.92. The third kappa shape index (κ3) is 5.14. The summed E-state index contributed by atoms with van der Waals surface area (Å²) in [5.74, 6) is -2.23. The molecule has 4 rings (SSSR count). The maximum atomic E-state index is 14.9. The van der Waals surface area contributed by atoms with E-state index < -0.39 is 33.7 Å². The van der Waals surface area contributed by atoms with Crippen LogP contribution in [-0.4, -0.2) is 32.8 Å². The van der Waals surface area contributed by atoms with Gasteiger partial charge in [0.15, 0.2) is 0 Å². The average Bonchev–Trinajstić information content (AvgIpc) is 3.22. The van der Waals surface area contributed by atoms with Crippen LogP contribution in [0.3, 0.4) is 0 Å². The number of sulfonamides is 1. The molecule has 1 aliphatic heterocycles. The highest BCUT2D eigenvalue weighted by Crippen LogP contribution is 2.31. The van der Waals surface area contributed by atoms with E-state index in [1.165, 1.54) is 18.2 Å². The number of hydrogen-bond donors (Lipinski definition) is 3. The lowest BCUT2D eigenvalue weighted by atomic mass is 9.97. The molecule has 0 atom stereocenters. The van der Waals surface area contributed by atoms with Crippen molar-refractivity contribution in [3.8, 4) is 0 Å². The number of imide groups is 1. The van der Waals surface area contributed by atoms with Gasteiger partial charge in [0.25, 0.3) is 15.9 Å². The van der Waals surface area contributed by atoms with Crippen LogP contribution >= 0.6 is 22.9 Å². The number of hydrogen-bond acceptors (Lipinski definition) is 7. The summed E-state index contributed by atoms with van der Waals surface area (Å²) in [6.45, 7) is 2.59. The minimum atomic E-state index is -4.17. The molecule has 1 aromatic heterocycles.